The van der Waals surface area contributed by atoms with Gasteiger partial charge in [-0.1, -0.05) is 0 Å². The van der Waals surface area contributed by atoms with Crippen LogP contribution in [0.5, 0.6) is 0 Å². The highest BCUT2D eigenvalue weighted by molar-refractivity contribution is 7.91. The van der Waals surface area contributed by atoms with E-state index in [1.807, 2.05) is 6.92 Å². The highest BCUT2D eigenvalue weighted by Gasteiger charge is 2.31. The number of nitrogens with two attached hydrogens (primary N) is 2. The molecule has 1 aromatic heterocycles. The lowest BCUT2D eigenvalue weighted by atomic mass is 10.2. The van der Waals surface area contributed by atoms with Gasteiger partial charge in [0.2, 0.25) is 0 Å². The fraction of sp³-hybridized carbons (Fsp3) is 0.545. The van der Waals surface area contributed by atoms with Crippen molar-refractivity contribution < 1.29 is 13.2 Å². The van der Waals surface area contributed by atoms with Gasteiger partial charge in [0.25, 0.3) is 5.91 Å². The number of thiophene rings is 1. The highest BCUT2D eigenvalue weighted by Crippen LogP contribution is 2.41. The number of primary amides is 1. The Hall–Kier alpha value is -1.28. The molecular formula is C11H17N3O3S2. The van der Waals surface area contributed by atoms with Crippen LogP contribution in [0.1, 0.15) is 29.4 Å². The maximum atomic E-state index is 11.8. The molecule has 8 heteroatoms. The van der Waals surface area contributed by atoms with E-state index in [0.29, 0.717) is 10.9 Å². The molecule has 1 amide bonds. The topological polar surface area (TPSA) is 115 Å². The maximum absolute atomic E-state index is 11.8. The minimum Gasteiger partial charge on any atom is -0.396 e. The molecule has 1 heterocycles. The summed E-state index contributed by atoms with van der Waals surface area (Å²) in [7, 11) is -3.51. The van der Waals surface area contributed by atoms with Crippen molar-refractivity contribution in [3.05, 3.63) is 4.88 Å². The third-order valence-corrected chi connectivity index (χ3v) is 5.63. The molecule has 0 saturated heterocycles. The molecule has 1 aliphatic rings. The number of nitrogen functional groups attached to an aromatic ring is 1. The Morgan fingerprint density at radius 3 is 2.47 bits per heavy atom. The third-order valence-electron chi connectivity index (χ3n) is 3.18. The van der Waals surface area contributed by atoms with Gasteiger partial charge in [-0.3, -0.25) is 4.79 Å². The van der Waals surface area contributed by atoms with Crippen molar-refractivity contribution in [2.75, 3.05) is 17.3 Å². The lowest BCUT2D eigenvalue weighted by molar-refractivity contribution is 0.100. The predicted octanol–water partition coefficient (Wildman–Crippen LogP) is 1.04. The van der Waals surface area contributed by atoms with Gasteiger partial charge in [0.1, 0.15) is 14.8 Å². The quantitative estimate of drug-likeness (QED) is 0.751. The monoisotopic (exact) mass is 303 g/mol. The standard InChI is InChI=1S/C11H17N3O3S2/c1-5(6-3-4-6)14-11-9(19(2,16)17)7(12)8(18-11)10(13)15/h5-6,14H,3-4,12H2,1-2H3,(H2,13,15). The van der Waals surface area contributed by atoms with Crippen LogP contribution in [0, 0.1) is 5.92 Å². The Bertz CT molecular complexity index is 617. The zero-order valence-corrected chi connectivity index (χ0v) is 12.4. The number of carbonyl (C=O) groups excluding carboxylic acids is 1. The second-order valence-electron chi connectivity index (χ2n) is 4.91. The Morgan fingerprint density at radius 2 is 2.05 bits per heavy atom. The van der Waals surface area contributed by atoms with Crippen LogP contribution >= 0.6 is 11.3 Å². The van der Waals surface area contributed by atoms with Crippen molar-refractivity contribution in [2.45, 2.75) is 30.7 Å². The molecule has 1 saturated carbocycles. The lowest BCUT2D eigenvalue weighted by Gasteiger charge is -2.13. The van der Waals surface area contributed by atoms with E-state index in [9.17, 15) is 13.2 Å². The SMILES string of the molecule is CC(Nc1sc(C(N)=O)c(N)c1S(C)(=O)=O)C1CC1. The van der Waals surface area contributed by atoms with Gasteiger partial charge >= 0.3 is 0 Å². The molecule has 1 atom stereocenters. The first-order valence-corrected chi connectivity index (χ1v) is 8.61. The number of nitrogens with one attached hydrogen (secondary N) is 1. The van der Waals surface area contributed by atoms with E-state index in [1.54, 1.807) is 0 Å². The van der Waals surface area contributed by atoms with Crippen LogP contribution in [0.2, 0.25) is 0 Å². The summed E-state index contributed by atoms with van der Waals surface area (Å²) in [5.41, 5.74) is 10.9. The molecule has 0 spiro atoms. The summed E-state index contributed by atoms with van der Waals surface area (Å²) in [6.45, 7) is 1.99. The average molecular weight is 303 g/mol. The first-order chi connectivity index (χ1) is 8.71. The second kappa shape index (κ2) is 4.68. The molecule has 106 valence electrons. The number of sulfone groups is 1. The van der Waals surface area contributed by atoms with Gasteiger partial charge in [-0.25, -0.2) is 8.42 Å². The summed E-state index contributed by atoms with van der Waals surface area (Å²) in [6, 6.07) is 0.152. The largest absolute Gasteiger partial charge is 0.396 e. The van der Waals surface area contributed by atoms with Gasteiger partial charge in [0.15, 0.2) is 9.84 Å². The fourth-order valence-electron chi connectivity index (χ4n) is 2.00. The minimum atomic E-state index is -3.51. The maximum Gasteiger partial charge on any atom is 0.261 e. The number of hydrogen-bond acceptors (Lipinski definition) is 6. The van der Waals surface area contributed by atoms with E-state index in [4.69, 9.17) is 11.5 Å². The van der Waals surface area contributed by atoms with Crippen molar-refractivity contribution in [3.63, 3.8) is 0 Å². The van der Waals surface area contributed by atoms with Crippen LogP contribution in [0.15, 0.2) is 4.90 Å². The van der Waals surface area contributed by atoms with Crippen molar-refractivity contribution in [3.8, 4) is 0 Å². The second-order valence-corrected chi connectivity index (χ2v) is 7.88. The summed E-state index contributed by atoms with van der Waals surface area (Å²) in [4.78, 5) is 11.4. The summed E-state index contributed by atoms with van der Waals surface area (Å²) in [5, 5.41) is 3.56. The number of anilines is 2. The van der Waals surface area contributed by atoms with Gasteiger partial charge in [0, 0.05) is 12.3 Å². The van der Waals surface area contributed by atoms with E-state index < -0.39 is 15.7 Å². The highest BCUT2D eigenvalue weighted by atomic mass is 32.2. The molecule has 0 aliphatic heterocycles. The Kier molecular flexibility index (Phi) is 3.48. The van der Waals surface area contributed by atoms with Crippen LogP contribution in [0.3, 0.4) is 0 Å². The fourth-order valence-corrected chi connectivity index (χ4v) is 4.50. The lowest BCUT2D eigenvalue weighted by Crippen LogP contribution is -2.18. The third kappa shape index (κ3) is 2.84. The number of rotatable bonds is 5. The molecule has 19 heavy (non-hydrogen) atoms. The molecule has 0 bridgehead atoms. The number of hydrogen-bond donors (Lipinski definition) is 3. The van der Waals surface area contributed by atoms with Crippen LogP contribution in [-0.2, 0) is 9.84 Å². The first kappa shape index (κ1) is 14.1. The first-order valence-electron chi connectivity index (χ1n) is 5.90. The van der Waals surface area contributed by atoms with E-state index >= 15 is 0 Å². The molecular weight excluding hydrogens is 286 g/mol. The molecule has 1 aliphatic carbocycles. The number of amides is 1. The zero-order valence-electron chi connectivity index (χ0n) is 10.8. The van der Waals surface area contributed by atoms with Gasteiger partial charge in [-0.2, -0.15) is 0 Å². The summed E-state index contributed by atoms with van der Waals surface area (Å²) in [5.74, 6) is -0.160. The van der Waals surface area contributed by atoms with Crippen LogP contribution in [-0.4, -0.2) is 26.6 Å². The van der Waals surface area contributed by atoms with E-state index in [0.717, 1.165) is 30.4 Å². The summed E-state index contributed by atoms with van der Waals surface area (Å²) >= 11 is 1.00. The molecule has 1 fully saturated rings. The van der Waals surface area contributed by atoms with Gasteiger partial charge in [-0.05, 0) is 25.7 Å². The number of carbonyl (C=O) groups is 1. The van der Waals surface area contributed by atoms with Gasteiger partial charge in [-0.15, -0.1) is 11.3 Å². The van der Waals surface area contributed by atoms with Crippen molar-refractivity contribution in [2.24, 2.45) is 11.7 Å². The minimum absolute atomic E-state index is 0.0150. The Balaban J connectivity index is 2.45. The van der Waals surface area contributed by atoms with E-state index in [2.05, 4.69) is 5.32 Å². The molecule has 1 aromatic rings. The molecule has 0 aromatic carbocycles. The molecule has 1 unspecified atom stereocenters. The zero-order chi connectivity index (χ0) is 14.4. The molecule has 6 nitrogen and oxygen atoms in total. The van der Waals surface area contributed by atoms with E-state index in [1.165, 1.54) is 0 Å². The molecule has 0 radical (unpaired) electrons. The predicted molar refractivity (Wildman–Crippen MR) is 76.2 cm³/mol. The molecule has 5 N–H and O–H groups in total. The van der Waals surface area contributed by atoms with Crippen LogP contribution < -0.4 is 16.8 Å². The normalized spacial score (nSPS) is 17.2. The van der Waals surface area contributed by atoms with Gasteiger partial charge in [0.05, 0.1) is 5.69 Å². The molecule has 2 rings (SSSR count). The Labute approximate surface area is 116 Å². The van der Waals surface area contributed by atoms with Crippen LogP contribution in [0.4, 0.5) is 10.7 Å². The van der Waals surface area contributed by atoms with Crippen molar-refractivity contribution in [1.29, 1.82) is 0 Å². The Morgan fingerprint density at radius 1 is 1.47 bits per heavy atom. The average Bonchev–Trinajstić information content (AvgIpc) is 3.02. The van der Waals surface area contributed by atoms with Crippen molar-refractivity contribution in [1.82, 2.24) is 0 Å². The van der Waals surface area contributed by atoms with E-state index in [-0.39, 0.29) is 21.5 Å². The smallest absolute Gasteiger partial charge is 0.261 e. The van der Waals surface area contributed by atoms with Crippen molar-refractivity contribution >= 4 is 37.8 Å². The summed E-state index contributed by atoms with van der Waals surface area (Å²) in [6.07, 6.45) is 3.33. The van der Waals surface area contributed by atoms with Gasteiger partial charge < -0.3 is 16.8 Å². The van der Waals surface area contributed by atoms with Crippen LogP contribution in [0.25, 0.3) is 0 Å². The summed E-state index contributed by atoms with van der Waals surface area (Å²) < 4.78 is 23.6.